The molecule has 2 aliphatic rings. The summed E-state index contributed by atoms with van der Waals surface area (Å²) < 4.78 is 0. The summed E-state index contributed by atoms with van der Waals surface area (Å²) in [5.41, 5.74) is 0.451. The van der Waals surface area contributed by atoms with Crippen molar-refractivity contribution in [2.75, 3.05) is 18.8 Å². The standard InChI is InChI=1S/C18H19ClN4O2S/c19-14-2-1-5-20-16(14)18(25)3-6-23(7-4-18)17(24)12-8-15(26-11-12)13-9-21-22-10-13/h1-2,5,8-10,12,25H,3-4,6-7,11H2,(H,21,22). The molecule has 2 aliphatic heterocycles. The second kappa shape index (κ2) is 7.06. The molecule has 2 aromatic rings. The molecule has 0 aromatic carbocycles. The van der Waals surface area contributed by atoms with Crippen molar-refractivity contribution in [2.24, 2.45) is 5.92 Å². The van der Waals surface area contributed by atoms with E-state index in [2.05, 4.69) is 15.2 Å². The van der Waals surface area contributed by atoms with Crippen molar-refractivity contribution in [1.82, 2.24) is 20.1 Å². The number of hydrogen-bond donors (Lipinski definition) is 2. The van der Waals surface area contributed by atoms with Gasteiger partial charge in [-0.25, -0.2) is 0 Å². The number of hydrogen-bond acceptors (Lipinski definition) is 5. The van der Waals surface area contributed by atoms with Gasteiger partial charge in [0.05, 0.1) is 22.8 Å². The highest BCUT2D eigenvalue weighted by Gasteiger charge is 2.39. The fourth-order valence-corrected chi connectivity index (χ4v) is 4.90. The quantitative estimate of drug-likeness (QED) is 0.842. The molecule has 4 rings (SSSR count). The number of likely N-dealkylation sites (tertiary alicyclic amines) is 1. The van der Waals surface area contributed by atoms with Crippen molar-refractivity contribution in [1.29, 1.82) is 0 Å². The van der Waals surface area contributed by atoms with E-state index in [1.807, 2.05) is 17.2 Å². The summed E-state index contributed by atoms with van der Waals surface area (Å²) in [5, 5.41) is 18.2. The summed E-state index contributed by atoms with van der Waals surface area (Å²) in [4.78, 5) is 20.0. The van der Waals surface area contributed by atoms with Crippen LogP contribution in [-0.2, 0) is 10.4 Å². The highest BCUT2D eigenvalue weighted by molar-refractivity contribution is 8.08. The molecule has 1 amide bonds. The first-order chi connectivity index (χ1) is 12.6. The molecule has 1 unspecified atom stereocenters. The second-order valence-corrected chi connectivity index (χ2v) is 8.10. The number of aliphatic hydroxyl groups is 1. The summed E-state index contributed by atoms with van der Waals surface area (Å²) in [6.07, 6.45) is 8.14. The lowest BCUT2D eigenvalue weighted by Gasteiger charge is -2.38. The Morgan fingerprint density at radius 2 is 2.23 bits per heavy atom. The first-order valence-corrected chi connectivity index (χ1v) is 9.89. The molecular formula is C18H19ClN4O2S. The van der Waals surface area contributed by atoms with Crippen LogP contribution in [0.2, 0.25) is 5.02 Å². The van der Waals surface area contributed by atoms with Crippen LogP contribution in [0.25, 0.3) is 4.91 Å². The molecule has 0 saturated carbocycles. The van der Waals surface area contributed by atoms with Crippen molar-refractivity contribution in [3.8, 4) is 0 Å². The highest BCUT2D eigenvalue weighted by Crippen LogP contribution is 2.39. The van der Waals surface area contributed by atoms with Crippen molar-refractivity contribution in [3.05, 3.63) is 53.1 Å². The van der Waals surface area contributed by atoms with Gasteiger partial charge >= 0.3 is 0 Å². The zero-order valence-electron chi connectivity index (χ0n) is 14.1. The first-order valence-electron chi connectivity index (χ1n) is 8.53. The van der Waals surface area contributed by atoms with Gasteiger partial charge in [-0.05, 0) is 25.0 Å². The van der Waals surface area contributed by atoms with Crippen LogP contribution < -0.4 is 0 Å². The van der Waals surface area contributed by atoms with E-state index in [9.17, 15) is 9.90 Å². The van der Waals surface area contributed by atoms with Gasteiger partial charge in [0.15, 0.2) is 0 Å². The summed E-state index contributed by atoms with van der Waals surface area (Å²) >= 11 is 7.87. The number of nitrogens with zero attached hydrogens (tertiary/aromatic N) is 3. The number of H-pyrrole nitrogens is 1. The number of carbonyl (C=O) groups excluding carboxylic acids is 1. The third-order valence-corrected chi connectivity index (χ3v) is 6.49. The van der Waals surface area contributed by atoms with Crippen LogP contribution in [0.4, 0.5) is 0 Å². The lowest BCUT2D eigenvalue weighted by atomic mass is 9.87. The number of aromatic nitrogens is 3. The van der Waals surface area contributed by atoms with E-state index in [-0.39, 0.29) is 11.8 Å². The number of pyridine rings is 1. The van der Waals surface area contributed by atoms with E-state index in [4.69, 9.17) is 11.6 Å². The average Bonchev–Trinajstić information content (AvgIpc) is 3.33. The molecule has 1 saturated heterocycles. The molecule has 26 heavy (non-hydrogen) atoms. The van der Waals surface area contributed by atoms with Crippen LogP contribution in [-0.4, -0.2) is 49.9 Å². The molecule has 0 bridgehead atoms. The first kappa shape index (κ1) is 17.6. The van der Waals surface area contributed by atoms with Gasteiger partial charge in [0, 0.05) is 41.7 Å². The SMILES string of the molecule is O=C(C1C=C(c2cn[nH]c2)SC1)N1CCC(O)(c2ncccc2Cl)CC1. The van der Waals surface area contributed by atoms with Crippen molar-refractivity contribution >= 4 is 34.2 Å². The maximum atomic E-state index is 12.9. The number of carbonyl (C=O) groups is 1. The smallest absolute Gasteiger partial charge is 0.230 e. The van der Waals surface area contributed by atoms with E-state index in [1.165, 1.54) is 0 Å². The van der Waals surface area contributed by atoms with E-state index < -0.39 is 5.60 Å². The Balaban J connectivity index is 1.42. The Morgan fingerprint density at radius 1 is 1.42 bits per heavy atom. The van der Waals surface area contributed by atoms with E-state index in [1.54, 1.807) is 36.3 Å². The summed E-state index contributed by atoms with van der Waals surface area (Å²) in [6, 6.07) is 3.48. The third kappa shape index (κ3) is 3.26. The predicted octanol–water partition coefficient (Wildman–Crippen LogP) is 2.67. The Labute approximate surface area is 160 Å². The number of rotatable bonds is 3. The van der Waals surface area contributed by atoms with Gasteiger partial charge in [-0.15, -0.1) is 11.8 Å². The van der Waals surface area contributed by atoms with Gasteiger partial charge in [-0.2, -0.15) is 5.10 Å². The van der Waals surface area contributed by atoms with Crippen molar-refractivity contribution in [3.63, 3.8) is 0 Å². The normalized spacial score (nSPS) is 22.3. The molecular weight excluding hydrogens is 372 g/mol. The number of piperidine rings is 1. The number of amides is 1. The molecule has 2 aromatic heterocycles. The van der Waals surface area contributed by atoms with E-state index >= 15 is 0 Å². The van der Waals surface area contributed by atoms with Crippen LogP contribution in [0.15, 0.2) is 36.8 Å². The zero-order chi connectivity index (χ0) is 18.1. The molecule has 6 nitrogen and oxygen atoms in total. The average molecular weight is 391 g/mol. The molecule has 2 N–H and O–H groups in total. The van der Waals surface area contributed by atoms with Crippen LogP contribution >= 0.6 is 23.4 Å². The van der Waals surface area contributed by atoms with Crippen LogP contribution in [0.3, 0.4) is 0 Å². The molecule has 136 valence electrons. The van der Waals surface area contributed by atoms with Gasteiger partial charge < -0.3 is 10.0 Å². The molecule has 0 radical (unpaired) electrons. The molecule has 0 spiro atoms. The molecule has 4 heterocycles. The van der Waals surface area contributed by atoms with Crippen molar-refractivity contribution in [2.45, 2.75) is 18.4 Å². The van der Waals surface area contributed by atoms with E-state index in [0.29, 0.717) is 36.6 Å². The summed E-state index contributed by atoms with van der Waals surface area (Å²) in [5.74, 6) is 0.728. The largest absolute Gasteiger partial charge is 0.383 e. The van der Waals surface area contributed by atoms with Crippen molar-refractivity contribution < 1.29 is 9.90 Å². The van der Waals surface area contributed by atoms with Gasteiger partial charge in [0.2, 0.25) is 5.91 Å². The Bertz CT molecular complexity index is 831. The molecule has 8 heteroatoms. The van der Waals surface area contributed by atoms with Gasteiger partial charge in [0.25, 0.3) is 0 Å². The van der Waals surface area contributed by atoms with Crippen LogP contribution in [0.5, 0.6) is 0 Å². The Kier molecular flexibility index (Phi) is 4.77. The fraction of sp³-hybridized carbons (Fsp3) is 0.389. The second-order valence-electron chi connectivity index (χ2n) is 6.63. The Morgan fingerprint density at radius 3 is 2.92 bits per heavy atom. The lowest BCUT2D eigenvalue weighted by Crippen LogP contribution is -2.47. The maximum absolute atomic E-state index is 12.9. The maximum Gasteiger partial charge on any atom is 0.230 e. The predicted molar refractivity (Wildman–Crippen MR) is 101 cm³/mol. The molecule has 1 fully saturated rings. The van der Waals surface area contributed by atoms with Crippen LogP contribution in [0, 0.1) is 5.92 Å². The lowest BCUT2D eigenvalue weighted by molar-refractivity contribution is -0.138. The number of aromatic amines is 1. The molecule has 1 atom stereocenters. The molecule has 0 aliphatic carbocycles. The number of nitrogens with one attached hydrogen (secondary N) is 1. The highest BCUT2D eigenvalue weighted by atomic mass is 35.5. The van der Waals surface area contributed by atoms with E-state index in [0.717, 1.165) is 16.2 Å². The number of thioether (sulfide) groups is 1. The van der Waals surface area contributed by atoms with Crippen LogP contribution in [0.1, 0.15) is 24.1 Å². The van der Waals surface area contributed by atoms with Gasteiger partial charge in [-0.3, -0.25) is 14.9 Å². The third-order valence-electron chi connectivity index (χ3n) is 4.97. The summed E-state index contributed by atoms with van der Waals surface area (Å²) in [7, 11) is 0. The zero-order valence-corrected chi connectivity index (χ0v) is 15.6. The monoisotopic (exact) mass is 390 g/mol. The minimum absolute atomic E-state index is 0.116. The van der Waals surface area contributed by atoms with Gasteiger partial charge in [-0.1, -0.05) is 17.7 Å². The minimum atomic E-state index is -1.07. The Hall–Kier alpha value is -1.83. The fourth-order valence-electron chi connectivity index (χ4n) is 3.46. The number of halogens is 1. The minimum Gasteiger partial charge on any atom is -0.383 e. The summed E-state index contributed by atoms with van der Waals surface area (Å²) in [6.45, 7) is 0.997. The topological polar surface area (TPSA) is 82.1 Å². The van der Waals surface area contributed by atoms with Gasteiger partial charge in [0.1, 0.15) is 5.60 Å².